The standard InChI is InChI=1S/C19H22FNO2S/c1-14-3-5-17(6-4-14)13-24(23)15(2)19(22)21-12-11-16-7-9-18(20)10-8-16/h3-10,15H,11-13H2,1-2H3,(H,21,22)/t15-,24+/m1/s1. The molecule has 128 valence electrons. The molecule has 2 aromatic carbocycles. The summed E-state index contributed by atoms with van der Waals surface area (Å²) in [7, 11) is -1.27. The van der Waals surface area contributed by atoms with E-state index in [2.05, 4.69) is 5.32 Å². The minimum atomic E-state index is -1.27. The van der Waals surface area contributed by atoms with E-state index in [-0.39, 0.29) is 11.7 Å². The van der Waals surface area contributed by atoms with Gasteiger partial charge in [-0.15, -0.1) is 0 Å². The molecule has 0 spiro atoms. The van der Waals surface area contributed by atoms with E-state index in [0.717, 1.165) is 16.7 Å². The largest absolute Gasteiger partial charge is 0.355 e. The first kappa shape index (κ1) is 18.3. The lowest BCUT2D eigenvalue weighted by Crippen LogP contribution is -2.36. The molecule has 2 aromatic rings. The van der Waals surface area contributed by atoms with Crippen LogP contribution in [-0.2, 0) is 27.8 Å². The van der Waals surface area contributed by atoms with Gasteiger partial charge in [-0.2, -0.15) is 0 Å². The average molecular weight is 347 g/mol. The van der Waals surface area contributed by atoms with Gasteiger partial charge in [-0.3, -0.25) is 9.00 Å². The van der Waals surface area contributed by atoms with Gasteiger partial charge in [0.15, 0.2) is 0 Å². The number of aryl methyl sites for hydroxylation is 1. The number of hydrogen-bond acceptors (Lipinski definition) is 2. The van der Waals surface area contributed by atoms with Gasteiger partial charge in [-0.1, -0.05) is 42.0 Å². The fraction of sp³-hybridized carbons (Fsp3) is 0.316. The molecule has 24 heavy (non-hydrogen) atoms. The third kappa shape index (κ3) is 5.57. The molecule has 0 radical (unpaired) electrons. The maximum Gasteiger partial charge on any atom is 0.235 e. The molecule has 0 heterocycles. The van der Waals surface area contributed by atoms with Gasteiger partial charge in [-0.05, 0) is 43.5 Å². The van der Waals surface area contributed by atoms with E-state index in [1.54, 1.807) is 19.1 Å². The second-order valence-electron chi connectivity index (χ2n) is 5.82. The number of carbonyl (C=O) groups excluding carboxylic acids is 1. The van der Waals surface area contributed by atoms with Crippen molar-refractivity contribution >= 4 is 16.7 Å². The van der Waals surface area contributed by atoms with Crippen LogP contribution in [0.15, 0.2) is 48.5 Å². The van der Waals surface area contributed by atoms with Crippen molar-refractivity contribution in [3.05, 3.63) is 71.0 Å². The molecule has 0 aliphatic rings. The van der Waals surface area contributed by atoms with E-state index in [9.17, 15) is 13.4 Å². The molecule has 0 fully saturated rings. The molecule has 0 aromatic heterocycles. The van der Waals surface area contributed by atoms with Crippen molar-refractivity contribution in [1.82, 2.24) is 5.32 Å². The van der Waals surface area contributed by atoms with Gasteiger partial charge in [0, 0.05) is 23.1 Å². The van der Waals surface area contributed by atoms with Crippen LogP contribution in [0.2, 0.25) is 0 Å². The van der Waals surface area contributed by atoms with Crippen molar-refractivity contribution < 1.29 is 13.4 Å². The van der Waals surface area contributed by atoms with E-state index >= 15 is 0 Å². The number of hydrogen-bond donors (Lipinski definition) is 1. The van der Waals surface area contributed by atoms with Gasteiger partial charge in [0.1, 0.15) is 11.1 Å². The van der Waals surface area contributed by atoms with Crippen LogP contribution in [0, 0.1) is 12.7 Å². The van der Waals surface area contributed by atoms with Crippen LogP contribution >= 0.6 is 0 Å². The Hall–Kier alpha value is -2.01. The molecule has 3 nitrogen and oxygen atoms in total. The van der Waals surface area contributed by atoms with Gasteiger partial charge in [0.2, 0.25) is 5.91 Å². The maximum absolute atomic E-state index is 12.8. The van der Waals surface area contributed by atoms with Crippen LogP contribution in [-0.4, -0.2) is 21.9 Å². The summed E-state index contributed by atoms with van der Waals surface area (Å²) in [5, 5.41) is 2.23. The van der Waals surface area contributed by atoms with Crippen molar-refractivity contribution in [2.75, 3.05) is 6.54 Å². The van der Waals surface area contributed by atoms with Gasteiger partial charge in [0.05, 0.1) is 0 Å². The second kappa shape index (κ2) is 8.73. The molecule has 0 bridgehead atoms. The van der Waals surface area contributed by atoms with Crippen LogP contribution in [0.1, 0.15) is 23.6 Å². The third-order valence-electron chi connectivity index (χ3n) is 3.82. The van der Waals surface area contributed by atoms with E-state index in [4.69, 9.17) is 0 Å². The van der Waals surface area contributed by atoms with E-state index < -0.39 is 16.0 Å². The second-order valence-corrected chi connectivity index (χ2v) is 7.58. The maximum atomic E-state index is 12.8. The zero-order valence-corrected chi connectivity index (χ0v) is 14.7. The lowest BCUT2D eigenvalue weighted by Gasteiger charge is -2.12. The first-order valence-corrected chi connectivity index (χ1v) is 9.29. The summed E-state index contributed by atoms with van der Waals surface area (Å²) in [6.45, 7) is 4.12. The number of nitrogens with one attached hydrogen (secondary N) is 1. The minimum absolute atomic E-state index is 0.220. The van der Waals surface area contributed by atoms with E-state index in [1.807, 2.05) is 31.2 Å². The molecule has 0 aliphatic heterocycles. The van der Waals surface area contributed by atoms with Crippen LogP contribution in [0.3, 0.4) is 0 Å². The lowest BCUT2D eigenvalue weighted by molar-refractivity contribution is -0.120. The van der Waals surface area contributed by atoms with Gasteiger partial charge >= 0.3 is 0 Å². The quantitative estimate of drug-likeness (QED) is 0.836. The number of benzene rings is 2. The van der Waals surface area contributed by atoms with Crippen molar-refractivity contribution in [3.63, 3.8) is 0 Å². The summed E-state index contributed by atoms with van der Waals surface area (Å²) >= 11 is 0. The molecule has 1 N–H and O–H groups in total. The van der Waals surface area contributed by atoms with Crippen molar-refractivity contribution in [1.29, 1.82) is 0 Å². The molecule has 0 saturated carbocycles. The molecule has 5 heteroatoms. The molecule has 0 aliphatic carbocycles. The monoisotopic (exact) mass is 347 g/mol. The fourth-order valence-electron chi connectivity index (χ4n) is 2.22. The first-order chi connectivity index (χ1) is 11.5. The number of halogens is 1. The Kier molecular flexibility index (Phi) is 6.67. The molecule has 2 atom stereocenters. The molecule has 2 rings (SSSR count). The number of carbonyl (C=O) groups is 1. The van der Waals surface area contributed by atoms with Crippen LogP contribution in [0.25, 0.3) is 0 Å². The summed E-state index contributed by atoms with van der Waals surface area (Å²) in [6, 6.07) is 14.0. The highest BCUT2D eigenvalue weighted by Crippen LogP contribution is 2.09. The number of amides is 1. The summed E-state index contributed by atoms with van der Waals surface area (Å²) in [4.78, 5) is 12.1. The Bertz CT molecular complexity index is 698. The Morgan fingerprint density at radius 3 is 2.29 bits per heavy atom. The smallest absolute Gasteiger partial charge is 0.235 e. The van der Waals surface area contributed by atoms with Crippen molar-refractivity contribution in [2.24, 2.45) is 0 Å². The molecule has 0 saturated heterocycles. The lowest BCUT2D eigenvalue weighted by atomic mass is 10.1. The van der Waals surface area contributed by atoms with Crippen LogP contribution in [0.5, 0.6) is 0 Å². The Balaban J connectivity index is 1.79. The Morgan fingerprint density at radius 1 is 1.08 bits per heavy atom. The predicted molar refractivity (Wildman–Crippen MR) is 95.6 cm³/mol. The summed E-state index contributed by atoms with van der Waals surface area (Å²) in [6.07, 6.45) is 0.614. The predicted octanol–water partition coefficient (Wildman–Crippen LogP) is 3.13. The molecule has 1 amide bonds. The van der Waals surface area contributed by atoms with E-state index in [0.29, 0.717) is 18.7 Å². The molecular weight excluding hydrogens is 325 g/mol. The normalized spacial score (nSPS) is 13.3. The van der Waals surface area contributed by atoms with Crippen molar-refractivity contribution in [2.45, 2.75) is 31.3 Å². The first-order valence-electron chi connectivity index (χ1n) is 7.90. The van der Waals surface area contributed by atoms with Crippen LogP contribution < -0.4 is 5.32 Å². The highest BCUT2D eigenvalue weighted by Gasteiger charge is 2.19. The minimum Gasteiger partial charge on any atom is -0.355 e. The van der Waals surface area contributed by atoms with Gasteiger partial charge in [0.25, 0.3) is 0 Å². The zero-order chi connectivity index (χ0) is 17.5. The van der Waals surface area contributed by atoms with Crippen LogP contribution in [0.4, 0.5) is 4.39 Å². The van der Waals surface area contributed by atoms with Gasteiger partial charge < -0.3 is 5.32 Å². The highest BCUT2D eigenvalue weighted by atomic mass is 32.2. The SMILES string of the molecule is Cc1ccc(C[S@](=O)[C@H](C)C(=O)NCCc2ccc(F)cc2)cc1. The van der Waals surface area contributed by atoms with Crippen molar-refractivity contribution in [3.8, 4) is 0 Å². The molecular formula is C19H22FNO2S. The van der Waals surface area contributed by atoms with Gasteiger partial charge in [-0.25, -0.2) is 4.39 Å². The third-order valence-corrected chi connectivity index (χ3v) is 5.44. The topological polar surface area (TPSA) is 46.2 Å². The summed E-state index contributed by atoms with van der Waals surface area (Å²) in [5.74, 6) is -0.127. The Labute approximate surface area is 144 Å². The van der Waals surface area contributed by atoms with E-state index in [1.165, 1.54) is 12.1 Å². The summed E-state index contributed by atoms with van der Waals surface area (Å²) in [5.41, 5.74) is 3.06. The fourth-order valence-corrected chi connectivity index (χ4v) is 3.31. The summed E-state index contributed by atoms with van der Waals surface area (Å²) < 4.78 is 25.1. The average Bonchev–Trinajstić information content (AvgIpc) is 2.58. The number of rotatable bonds is 7. The molecule has 0 unspecified atom stereocenters. The highest BCUT2D eigenvalue weighted by molar-refractivity contribution is 7.85. The Morgan fingerprint density at radius 2 is 1.67 bits per heavy atom. The zero-order valence-electron chi connectivity index (χ0n) is 13.9.